The number of amides is 2. The lowest BCUT2D eigenvalue weighted by molar-refractivity contribution is 0.232. The van der Waals surface area contributed by atoms with Crippen LogP contribution in [0.1, 0.15) is 49.4 Å². The van der Waals surface area contributed by atoms with Gasteiger partial charge in [-0.05, 0) is 43.4 Å². The highest BCUT2D eigenvalue weighted by molar-refractivity contribution is 5.74. The van der Waals surface area contributed by atoms with Crippen LogP contribution in [0.3, 0.4) is 0 Å². The summed E-state index contributed by atoms with van der Waals surface area (Å²) in [6.45, 7) is 3.42. The Morgan fingerprint density at radius 3 is 3.12 bits per heavy atom. The minimum Gasteiger partial charge on any atom is -0.338 e. The van der Waals surface area contributed by atoms with Gasteiger partial charge in [-0.15, -0.1) is 0 Å². The van der Waals surface area contributed by atoms with Crippen molar-refractivity contribution < 1.29 is 9.18 Å². The third-order valence-electron chi connectivity index (χ3n) is 4.36. The van der Waals surface area contributed by atoms with Crippen molar-refractivity contribution in [3.63, 3.8) is 0 Å². The number of carbonyl (C=O) groups excluding carboxylic acids is 1. The third-order valence-corrected chi connectivity index (χ3v) is 4.36. The van der Waals surface area contributed by atoms with E-state index in [1.807, 2.05) is 17.7 Å². The van der Waals surface area contributed by atoms with Gasteiger partial charge in [0, 0.05) is 19.5 Å². The second-order valence-corrected chi connectivity index (χ2v) is 6.29. The van der Waals surface area contributed by atoms with Gasteiger partial charge in [-0.3, -0.25) is 0 Å². The summed E-state index contributed by atoms with van der Waals surface area (Å²) in [6, 6.07) is 6.27. The van der Waals surface area contributed by atoms with Gasteiger partial charge in [-0.1, -0.05) is 19.1 Å². The highest BCUT2D eigenvalue weighted by Crippen LogP contribution is 2.23. The molecule has 7 heteroatoms. The summed E-state index contributed by atoms with van der Waals surface area (Å²) in [7, 11) is 0. The number of benzene rings is 1. The number of nitrogens with zero attached hydrogens (tertiary/aromatic N) is 3. The Balaban J connectivity index is 1.45. The topological polar surface area (TPSA) is 71.8 Å². The van der Waals surface area contributed by atoms with Crippen molar-refractivity contribution >= 4 is 6.03 Å². The second kappa shape index (κ2) is 8.09. The van der Waals surface area contributed by atoms with E-state index in [4.69, 9.17) is 0 Å². The van der Waals surface area contributed by atoms with Crippen LogP contribution in [0.5, 0.6) is 0 Å². The van der Waals surface area contributed by atoms with Crippen molar-refractivity contribution in [1.29, 1.82) is 0 Å². The van der Waals surface area contributed by atoms with Gasteiger partial charge in [0.05, 0.1) is 6.04 Å². The molecule has 0 saturated carbocycles. The van der Waals surface area contributed by atoms with Crippen LogP contribution in [0, 0.1) is 5.82 Å². The number of aryl methyl sites for hydroxylation is 3. The van der Waals surface area contributed by atoms with Gasteiger partial charge in [0.1, 0.15) is 11.6 Å². The van der Waals surface area contributed by atoms with Crippen LogP contribution in [-0.4, -0.2) is 27.3 Å². The Hall–Kier alpha value is -2.44. The lowest BCUT2D eigenvalue weighted by Gasteiger charge is -2.23. The zero-order chi connectivity index (χ0) is 17.6. The minimum atomic E-state index is -0.226. The maximum Gasteiger partial charge on any atom is 0.315 e. The Kier molecular flexibility index (Phi) is 5.63. The number of fused-ring (bicyclic) bond motifs is 1. The van der Waals surface area contributed by atoms with Gasteiger partial charge in [0.25, 0.3) is 0 Å². The average molecular weight is 345 g/mol. The van der Waals surface area contributed by atoms with Crippen molar-refractivity contribution in [3.8, 4) is 0 Å². The second-order valence-electron chi connectivity index (χ2n) is 6.29. The quantitative estimate of drug-likeness (QED) is 0.791. The molecular formula is C18H24FN5O. The number of rotatable bonds is 6. The summed E-state index contributed by atoms with van der Waals surface area (Å²) in [5.74, 6) is 1.44. The molecule has 2 aromatic rings. The lowest BCUT2D eigenvalue weighted by Crippen LogP contribution is -2.40. The number of aromatic nitrogens is 3. The van der Waals surface area contributed by atoms with E-state index < -0.39 is 0 Å². The summed E-state index contributed by atoms with van der Waals surface area (Å²) >= 11 is 0. The monoisotopic (exact) mass is 345 g/mol. The molecule has 0 fully saturated rings. The normalized spacial score (nSPS) is 16.3. The van der Waals surface area contributed by atoms with Crippen molar-refractivity contribution in [2.75, 3.05) is 6.54 Å². The summed E-state index contributed by atoms with van der Waals surface area (Å²) < 4.78 is 15.0. The van der Waals surface area contributed by atoms with E-state index in [9.17, 15) is 9.18 Å². The molecule has 2 amide bonds. The number of carbonyl (C=O) groups is 1. The van der Waals surface area contributed by atoms with Gasteiger partial charge in [0.15, 0.2) is 5.82 Å². The first-order valence-electron chi connectivity index (χ1n) is 8.88. The smallest absolute Gasteiger partial charge is 0.315 e. The van der Waals surface area contributed by atoms with Crippen LogP contribution in [0.25, 0.3) is 0 Å². The fourth-order valence-corrected chi connectivity index (χ4v) is 3.08. The molecule has 0 saturated heterocycles. The molecule has 1 aromatic heterocycles. The van der Waals surface area contributed by atoms with Crippen LogP contribution in [0.15, 0.2) is 24.3 Å². The molecule has 0 aliphatic carbocycles. The van der Waals surface area contributed by atoms with E-state index in [0.717, 1.165) is 55.9 Å². The van der Waals surface area contributed by atoms with Crippen LogP contribution < -0.4 is 10.6 Å². The number of urea groups is 1. The Morgan fingerprint density at radius 1 is 1.44 bits per heavy atom. The Labute approximate surface area is 146 Å². The molecule has 6 nitrogen and oxygen atoms in total. The van der Waals surface area contributed by atoms with Gasteiger partial charge in [0.2, 0.25) is 0 Å². The first-order chi connectivity index (χ1) is 12.2. The fourth-order valence-electron chi connectivity index (χ4n) is 3.08. The van der Waals surface area contributed by atoms with Gasteiger partial charge >= 0.3 is 6.03 Å². The van der Waals surface area contributed by atoms with Crippen LogP contribution >= 0.6 is 0 Å². The third kappa shape index (κ3) is 4.55. The maximum atomic E-state index is 13.1. The average Bonchev–Trinajstić information content (AvgIpc) is 3.03. The van der Waals surface area contributed by atoms with E-state index >= 15 is 0 Å². The molecule has 0 bridgehead atoms. The summed E-state index contributed by atoms with van der Waals surface area (Å²) in [4.78, 5) is 16.6. The fraction of sp³-hybridized carbons (Fsp3) is 0.500. The first kappa shape index (κ1) is 17.4. The SMILES string of the molecule is CCc1nc2n(n1)CCC[C@@H]2NC(=O)NCCCc1cccc(F)c1. The van der Waals surface area contributed by atoms with Gasteiger partial charge in [-0.25, -0.2) is 18.9 Å². The standard InChI is InChI=1S/C18H24FN5O/c1-2-16-22-17-15(9-5-11-24(17)23-16)21-18(25)20-10-4-7-13-6-3-8-14(19)12-13/h3,6,8,12,15H,2,4-5,7,9-11H2,1H3,(H2,20,21,25)/t15-/m0/s1. The molecule has 2 heterocycles. The predicted octanol–water partition coefficient (Wildman–Crippen LogP) is 2.75. The maximum absolute atomic E-state index is 13.1. The zero-order valence-corrected chi connectivity index (χ0v) is 14.5. The molecule has 3 rings (SSSR count). The molecule has 134 valence electrons. The minimum absolute atomic E-state index is 0.0928. The molecule has 0 radical (unpaired) electrons. The summed E-state index contributed by atoms with van der Waals surface area (Å²) in [5.41, 5.74) is 0.940. The van der Waals surface area contributed by atoms with Gasteiger partial charge < -0.3 is 10.6 Å². The highest BCUT2D eigenvalue weighted by Gasteiger charge is 2.25. The molecule has 1 aliphatic rings. The van der Waals surface area contributed by atoms with E-state index in [2.05, 4.69) is 20.7 Å². The molecule has 1 aromatic carbocycles. The molecule has 0 spiro atoms. The van der Waals surface area contributed by atoms with Crippen molar-refractivity contribution in [2.45, 2.75) is 51.6 Å². The number of hydrogen-bond donors (Lipinski definition) is 2. The molecule has 1 aliphatic heterocycles. The largest absolute Gasteiger partial charge is 0.338 e. The van der Waals surface area contributed by atoms with E-state index in [1.165, 1.54) is 12.1 Å². The summed E-state index contributed by atoms with van der Waals surface area (Å²) in [6.07, 6.45) is 4.13. The predicted molar refractivity (Wildman–Crippen MR) is 92.6 cm³/mol. The lowest BCUT2D eigenvalue weighted by atomic mass is 10.1. The first-order valence-corrected chi connectivity index (χ1v) is 8.88. The Bertz CT molecular complexity index is 730. The summed E-state index contributed by atoms with van der Waals surface area (Å²) in [5, 5.41) is 10.3. The molecule has 25 heavy (non-hydrogen) atoms. The van der Waals surface area contributed by atoms with Gasteiger partial charge in [-0.2, -0.15) is 5.10 Å². The van der Waals surface area contributed by atoms with E-state index in [-0.39, 0.29) is 17.9 Å². The van der Waals surface area contributed by atoms with Crippen LogP contribution in [0.4, 0.5) is 9.18 Å². The van der Waals surface area contributed by atoms with Crippen molar-refractivity contribution in [3.05, 3.63) is 47.3 Å². The van der Waals surface area contributed by atoms with Crippen LogP contribution in [0.2, 0.25) is 0 Å². The molecule has 0 unspecified atom stereocenters. The highest BCUT2D eigenvalue weighted by atomic mass is 19.1. The number of hydrogen-bond acceptors (Lipinski definition) is 3. The van der Waals surface area contributed by atoms with Crippen molar-refractivity contribution in [1.82, 2.24) is 25.4 Å². The van der Waals surface area contributed by atoms with Crippen LogP contribution in [-0.2, 0) is 19.4 Å². The van der Waals surface area contributed by atoms with Crippen molar-refractivity contribution in [2.24, 2.45) is 0 Å². The zero-order valence-electron chi connectivity index (χ0n) is 14.5. The molecule has 1 atom stereocenters. The van der Waals surface area contributed by atoms with E-state index in [1.54, 1.807) is 6.07 Å². The Morgan fingerprint density at radius 2 is 2.32 bits per heavy atom. The molecule has 2 N–H and O–H groups in total. The number of halogens is 1. The number of nitrogens with one attached hydrogen (secondary N) is 2. The molecular weight excluding hydrogens is 321 g/mol. The van der Waals surface area contributed by atoms with E-state index in [0.29, 0.717) is 6.54 Å².